The molecule has 0 amide bonds. The molecule has 2 fully saturated rings. The summed E-state index contributed by atoms with van der Waals surface area (Å²) < 4.78 is 108. The highest BCUT2D eigenvalue weighted by Gasteiger charge is 2.41. The molecule has 1 saturated heterocycles. The third kappa shape index (κ3) is 7.47. The lowest BCUT2D eigenvalue weighted by Crippen LogP contribution is -2.37. The molecule has 2 unspecified atom stereocenters. The molecule has 0 radical (unpaired) electrons. The van der Waals surface area contributed by atoms with Crippen molar-refractivity contribution >= 4 is 0 Å². The second-order valence-electron chi connectivity index (χ2n) is 9.30. The first-order chi connectivity index (χ1) is 16.0. The van der Waals surface area contributed by atoms with Gasteiger partial charge in [0.1, 0.15) is 0 Å². The van der Waals surface area contributed by atoms with E-state index in [4.69, 9.17) is 9.47 Å². The fraction of sp³-hybridized carbons (Fsp3) is 0.750. The van der Waals surface area contributed by atoms with Gasteiger partial charge in [0.15, 0.2) is 11.6 Å². The zero-order chi connectivity index (χ0) is 24.9. The highest BCUT2D eigenvalue weighted by atomic mass is 19.4. The highest BCUT2D eigenvalue weighted by Crippen LogP contribution is 2.41. The SMILES string of the molecule is CCCCCC1CCC(C2CCC(OC(F)(F)c3cc(F)c(OC(F)(F)F)c(F)c3)CC2)OC1. The van der Waals surface area contributed by atoms with Gasteiger partial charge in [0.25, 0.3) is 0 Å². The molecule has 0 N–H and O–H groups in total. The maximum Gasteiger partial charge on any atom is 0.573 e. The fourth-order valence-electron chi connectivity index (χ4n) is 4.91. The van der Waals surface area contributed by atoms with Crippen LogP contribution in [0, 0.1) is 23.5 Å². The Morgan fingerprint density at radius 3 is 2.09 bits per heavy atom. The van der Waals surface area contributed by atoms with E-state index in [0.717, 1.165) is 19.4 Å². The van der Waals surface area contributed by atoms with Crippen molar-refractivity contribution < 1.29 is 44.9 Å². The Hall–Kier alpha value is -1.55. The highest BCUT2D eigenvalue weighted by molar-refractivity contribution is 5.33. The number of hydrogen-bond donors (Lipinski definition) is 0. The minimum Gasteiger partial charge on any atom is -0.399 e. The van der Waals surface area contributed by atoms with Crippen molar-refractivity contribution in [2.24, 2.45) is 11.8 Å². The van der Waals surface area contributed by atoms with Crippen LogP contribution < -0.4 is 4.74 Å². The zero-order valence-corrected chi connectivity index (χ0v) is 19.1. The van der Waals surface area contributed by atoms with Gasteiger partial charge in [0, 0.05) is 6.61 Å². The number of halogens is 7. The zero-order valence-electron chi connectivity index (χ0n) is 19.1. The Kier molecular flexibility index (Phi) is 9.11. The standard InChI is InChI=1S/C24H31F7O3/c1-2-3-4-5-15-6-11-21(32-14-15)16-7-9-18(10-8-16)33-23(27,28)17-12-19(25)22(20(26)13-17)34-24(29,30)31/h12-13,15-16,18,21H,2-11,14H2,1H3. The molecule has 34 heavy (non-hydrogen) atoms. The van der Waals surface area contributed by atoms with Crippen LogP contribution in [0.1, 0.15) is 76.7 Å². The lowest BCUT2D eigenvalue weighted by molar-refractivity contribution is -0.279. The number of alkyl halides is 5. The predicted molar refractivity (Wildman–Crippen MR) is 110 cm³/mol. The smallest absolute Gasteiger partial charge is 0.399 e. The van der Waals surface area contributed by atoms with Crippen LogP contribution in [-0.2, 0) is 15.6 Å². The van der Waals surface area contributed by atoms with Gasteiger partial charge in [-0.1, -0.05) is 26.2 Å². The van der Waals surface area contributed by atoms with Gasteiger partial charge in [0.05, 0.1) is 17.8 Å². The number of rotatable bonds is 9. The molecule has 1 aromatic carbocycles. The first-order valence-corrected chi connectivity index (χ1v) is 11.9. The third-order valence-electron chi connectivity index (χ3n) is 6.73. The van der Waals surface area contributed by atoms with Crippen LogP contribution in [0.4, 0.5) is 30.7 Å². The van der Waals surface area contributed by atoms with Crippen molar-refractivity contribution in [3.8, 4) is 5.75 Å². The van der Waals surface area contributed by atoms with Gasteiger partial charge in [-0.2, -0.15) is 8.78 Å². The van der Waals surface area contributed by atoms with Crippen molar-refractivity contribution in [3.05, 3.63) is 29.3 Å². The fourth-order valence-corrected chi connectivity index (χ4v) is 4.91. The molecule has 1 aliphatic heterocycles. The van der Waals surface area contributed by atoms with Crippen molar-refractivity contribution in [2.45, 2.75) is 95.8 Å². The summed E-state index contributed by atoms with van der Waals surface area (Å²) in [7, 11) is 0. The lowest BCUT2D eigenvalue weighted by Gasteiger charge is -2.38. The van der Waals surface area contributed by atoms with Gasteiger partial charge >= 0.3 is 12.5 Å². The monoisotopic (exact) mass is 500 g/mol. The number of hydrogen-bond acceptors (Lipinski definition) is 3. The van der Waals surface area contributed by atoms with E-state index < -0.39 is 41.5 Å². The van der Waals surface area contributed by atoms with Crippen LogP contribution in [0.3, 0.4) is 0 Å². The summed E-state index contributed by atoms with van der Waals surface area (Å²) in [6, 6.07) is 0.200. The van der Waals surface area contributed by atoms with Crippen LogP contribution in [0.2, 0.25) is 0 Å². The largest absolute Gasteiger partial charge is 0.573 e. The first-order valence-electron chi connectivity index (χ1n) is 11.9. The first kappa shape index (κ1) is 27.0. The van der Waals surface area contributed by atoms with Crippen LogP contribution in [-0.4, -0.2) is 25.2 Å². The van der Waals surface area contributed by atoms with E-state index in [1.165, 1.54) is 25.7 Å². The number of benzene rings is 1. The second kappa shape index (κ2) is 11.5. The van der Waals surface area contributed by atoms with Crippen LogP contribution in [0.15, 0.2) is 12.1 Å². The van der Waals surface area contributed by atoms with Crippen LogP contribution >= 0.6 is 0 Å². The Labute approximate surface area is 194 Å². The van der Waals surface area contributed by atoms with Gasteiger partial charge in [-0.15, -0.1) is 13.2 Å². The van der Waals surface area contributed by atoms with E-state index in [1.54, 1.807) is 0 Å². The van der Waals surface area contributed by atoms with E-state index in [9.17, 15) is 30.7 Å². The van der Waals surface area contributed by atoms with Crippen LogP contribution in [0.25, 0.3) is 0 Å². The maximum atomic E-state index is 14.5. The topological polar surface area (TPSA) is 27.7 Å². The van der Waals surface area contributed by atoms with E-state index >= 15 is 0 Å². The van der Waals surface area contributed by atoms with E-state index in [-0.39, 0.29) is 24.2 Å². The van der Waals surface area contributed by atoms with E-state index in [2.05, 4.69) is 11.7 Å². The van der Waals surface area contributed by atoms with Crippen molar-refractivity contribution in [1.82, 2.24) is 0 Å². The summed E-state index contributed by atoms with van der Waals surface area (Å²) in [5.74, 6) is -4.73. The van der Waals surface area contributed by atoms with Crippen molar-refractivity contribution in [1.29, 1.82) is 0 Å². The molecule has 2 atom stereocenters. The molecule has 0 spiro atoms. The third-order valence-corrected chi connectivity index (χ3v) is 6.73. The summed E-state index contributed by atoms with van der Waals surface area (Å²) >= 11 is 0. The lowest BCUT2D eigenvalue weighted by atomic mass is 9.80. The minimum atomic E-state index is -5.36. The molecule has 0 bridgehead atoms. The van der Waals surface area contributed by atoms with Gasteiger partial charge in [0.2, 0.25) is 5.75 Å². The predicted octanol–water partition coefficient (Wildman–Crippen LogP) is 7.86. The molecule has 3 rings (SSSR count). The molecule has 2 aliphatic rings. The summed E-state index contributed by atoms with van der Waals surface area (Å²) in [5, 5.41) is 0. The normalized spacial score (nSPS) is 26.5. The molecule has 1 heterocycles. The molecule has 3 nitrogen and oxygen atoms in total. The molecule has 10 heteroatoms. The number of unbranched alkanes of at least 4 members (excludes halogenated alkanes) is 2. The van der Waals surface area contributed by atoms with Crippen molar-refractivity contribution in [3.63, 3.8) is 0 Å². The average Bonchev–Trinajstić information content (AvgIpc) is 2.76. The Bertz CT molecular complexity index is 760. The summed E-state index contributed by atoms with van der Waals surface area (Å²) in [6.45, 7) is 2.90. The van der Waals surface area contributed by atoms with Gasteiger partial charge in [-0.3, -0.25) is 0 Å². The van der Waals surface area contributed by atoms with Gasteiger partial charge < -0.3 is 14.2 Å². The van der Waals surface area contributed by atoms with Crippen LogP contribution in [0.5, 0.6) is 5.75 Å². The summed E-state index contributed by atoms with van der Waals surface area (Å²) in [5.41, 5.74) is -1.20. The average molecular weight is 500 g/mol. The Morgan fingerprint density at radius 1 is 0.912 bits per heavy atom. The molecule has 1 saturated carbocycles. The molecule has 1 aromatic rings. The van der Waals surface area contributed by atoms with Gasteiger partial charge in [-0.25, -0.2) is 8.78 Å². The molecule has 1 aliphatic carbocycles. The molecular weight excluding hydrogens is 469 g/mol. The quantitative estimate of drug-likeness (QED) is 0.255. The molecule has 0 aromatic heterocycles. The second-order valence-corrected chi connectivity index (χ2v) is 9.30. The molecular formula is C24H31F7O3. The van der Waals surface area contributed by atoms with E-state index in [1.807, 2.05) is 0 Å². The molecule has 194 valence electrons. The Balaban J connectivity index is 1.50. The summed E-state index contributed by atoms with van der Waals surface area (Å²) in [4.78, 5) is 0. The minimum absolute atomic E-state index is 0.0998. The van der Waals surface area contributed by atoms with Crippen molar-refractivity contribution in [2.75, 3.05) is 6.61 Å². The maximum absolute atomic E-state index is 14.5. The number of ether oxygens (including phenoxy) is 3. The summed E-state index contributed by atoms with van der Waals surface area (Å²) in [6.07, 6.45) is -1.40. The van der Waals surface area contributed by atoms with Gasteiger partial charge in [-0.05, 0) is 68.9 Å². The Morgan fingerprint density at radius 2 is 1.56 bits per heavy atom. The van der Waals surface area contributed by atoms with E-state index in [0.29, 0.717) is 31.6 Å².